The fourth-order valence-electron chi connectivity index (χ4n) is 3.64. The highest BCUT2D eigenvalue weighted by Crippen LogP contribution is 2.35. The van der Waals surface area contributed by atoms with Gasteiger partial charge in [0.2, 0.25) is 0 Å². The Morgan fingerprint density at radius 2 is 1.82 bits per heavy atom. The van der Waals surface area contributed by atoms with E-state index in [1.807, 2.05) is 30.3 Å². The number of anilines is 1. The Balaban J connectivity index is 1.54. The van der Waals surface area contributed by atoms with Crippen LogP contribution in [0.2, 0.25) is 5.02 Å². The van der Waals surface area contributed by atoms with Crippen LogP contribution in [0.25, 0.3) is 0 Å². The molecule has 5 nitrogen and oxygen atoms in total. The molecule has 2 amide bonds. The lowest BCUT2D eigenvalue weighted by molar-refractivity contribution is -0.121. The Hall–Kier alpha value is -3.05. The third kappa shape index (κ3) is 3.66. The molecule has 2 atom stereocenters. The Bertz CT molecular complexity index is 1030. The van der Waals surface area contributed by atoms with Crippen LogP contribution in [0.15, 0.2) is 71.2 Å². The largest absolute Gasteiger partial charge is 0.322 e. The van der Waals surface area contributed by atoms with Crippen LogP contribution in [0, 0.1) is 5.92 Å². The summed E-state index contributed by atoms with van der Waals surface area (Å²) in [4.78, 5) is 41.8. The minimum absolute atomic E-state index is 0.00624. The van der Waals surface area contributed by atoms with Crippen molar-refractivity contribution in [2.45, 2.75) is 18.8 Å². The van der Waals surface area contributed by atoms with Gasteiger partial charge in [-0.1, -0.05) is 48.0 Å². The van der Waals surface area contributed by atoms with Gasteiger partial charge in [-0.3, -0.25) is 14.4 Å². The maximum atomic E-state index is 12.7. The molecule has 1 fully saturated rings. The molecule has 28 heavy (non-hydrogen) atoms. The highest BCUT2D eigenvalue weighted by molar-refractivity contribution is 6.31. The predicted molar refractivity (Wildman–Crippen MR) is 108 cm³/mol. The molecule has 1 aliphatic carbocycles. The van der Waals surface area contributed by atoms with E-state index in [-0.39, 0.29) is 17.3 Å². The number of Topliss-reactive ketones (excluding diaryl/α,β-unsaturated/α-hetero) is 1. The number of carbonyl (C=O) groups excluding carboxylic acids is 3. The molecule has 1 saturated carbocycles. The maximum Gasteiger partial charge on any atom is 0.282 e. The first-order valence-corrected chi connectivity index (χ1v) is 9.37. The summed E-state index contributed by atoms with van der Waals surface area (Å²) >= 11 is 5.92. The number of hydrogen-bond donors (Lipinski definition) is 1. The van der Waals surface area contributed by atoms with Gasteiger partial charge in [-0.15, -0.1) is 0 Å². The summed E-state index contributed by atoms with van der Waals surface area (Å²) < 4.78 is 0. The summed E-state index contributed by atoms with van der Waals surface area (Å²) in [6.45, 7) is 0. The zero-order valence-corrected chi connectivity index (χ0v) is 15.6. The molecule has 2 aromatic carbocycles. The fourth-order valence-corrected chi connectivity index (χ4v) is 3.83. The van der Waals surface area contributed by atoms with Crippen LogP contribution in [0.3, 0.4) is 0 Å². The normalized spacial score (nSPS) is 21.5. The van der Waals surface area contributed by atoms with E-state index in [1.165, 1.54) is 6.08 Å². The van der Waals surface area contributed by atoms with Crippen LogP contribution in [0.1, 0.15) is 24.3 Å². The SMILES string of the molecule is O=C1N=C2CC(c3ccccc3)CC(=O)C2C=C1C(=O)Nc1cccc(Cl)c1. The molecule has 1 heterocycles. The minimum atomic E-state index is -0.618. The number of nitrogens with one attached hydrogen (secondary N) is 1. The summed E-state index contributed by atoms with van der Waals surface area (Å²) in [6.07, 6.45) is 2.35. The highest BCUT2D eigenvalue weighted by Gasteiger charge is 2.38. The molecule has 1 aliphatic heterocycles. The number of rotatable bonds is 3. The van der Waals surface area contributed by atoms with E-state index in [9.17, 15) is 14.4 Å². The molecule has 2 unspecified atom stereocenters. The van der Waals surface area contributed by atoms with Crippen LogP contribution >= 0.6 is 11.6 Å². The fraction of sp³-hybridized carbons (Fsp3) is 0.182. The Morgan fingerprint density at radius 1 is 1.04 bits per heavy atom. The summed E-state index contributed by atoms with van der Waals surface area (Å²) in [7, 11) is 0. The number of ketones is 1. The van der Waals surface area contributed by atoms with E-state index < -0.39 is 17.7 Å². The van der Waals surface area contributed by atoms with Crippen LogP contribution in [0.5, 0.6) is 0 Å². The number of allylic oxidation sites excluding steroid dienone is 1. The third-order valence-corrected chi connectivity index (χ3v) is 5.25. The average molecular weight is 393 g/mol. The molecule has 1 N–H and O–H groups in total. The van der Waals surface area contributed by atoms with Gasteiger partial charge in [-0.25, -0.2) is 4.99 Å². The number of aliphatic imine (C=N–C) groups is 1. The summed E-state index contributed by atoms with van der Waals surface area (Å²) in [6, 6.07) is 16.4. The van der Waals surface area contributed by atoms with Gasteiger partial charge in [-0.05, 0) is 42.2 Å². The number of amides is 2. The van der Waals surface area contributed by atoms with Crippen molar-refractivity contribution in [1.82, 2.24) is 0 Å². The predicted octanol–water partition coefficient (Wildman–Crippen LogP) is 3.95. The maximum absolute atomic E-state index is 12.7. The molecule has 0 radical (unpaired) electrons. The molecule has 2 aromatic rings. The Labute approximate surface area is 167 Å². The quantitative estimate of drug-likeness (QED) is 0.803. The van der Waals surface area contributed by atoms with Gasteiger partial charge < -0.3 is 5.32 Å². The molecule has 0 bridgehead atoms. The van der Waals surface area contributed by atoms with Crippen molar-refractivity contribution in [3.05, 3.63) is 76.8 Å². The molecular formula is C22H17ClN2O3. The van der Waals surface area contributed by atoms with Gasteiger partial charge in [0, 0.05) is 22.8 Å². The number of fused-ring (bicyclic) bond motifs is 1. The smallest absolute Gasteiger partial charge is 0.282 e. The third-order valence-electron chi connectivity index (χ3n) is 5.02. The second kappa shape index (κ2) is 7.52. The van der Waals surface area contributed by atoms with Crippen molar-refractivity contribution < 1.29 is 14.4 Å². The summed E-state index contributed by atoms with van der Waals surface area (Å²) in [5.74, 6) is -1.84. The number of dihydropyridines is 1. The van der Waals surface area contributed by atoms with Crippen LogP contribution in [-0.2, 0) is 14.4 Å². The average Bonchev–Trinajstić information content (AvgIpc) is 2.68. The number of carbonyl (C=O) groups is 3. The molecule has 2 aliphatic rings. The van der Waals surface area contributed by atoms with Gasteiger partial charge in [-0.2, -0.15) is 0 Å². The van der Waals surface area contributed by atoms with Crippen LogP contribution in [-0.4, -0.2) is 23.3 Å². The van der Waals surface area contributed by atoms with E-state index in [0.29, 0.717) is 29.3 Å². The van der Waals surface area contributed by atoms with Crippen LogP contribution < -0.4 is 5.32 Å². The van der Waals surface area contributed by atoms with Gasteiger partial charge in [0.15, 0.2) is 0 Å². The number of hydrogen-bond acceptors (Lipinski definition) is 3. The zero-order chi connectivity index (χ0) is 19.7. The van der Waals surface area contributed by atoms with Crippen molar-refractivity contribution in [2.75, 3.05) is 5.32 Å². The van der Waals surface area contributed by atoms with Crippen molar-refractivity contribution in [2.24, 2.45) is 10.9 Å². The van der Waals surface area contributed by atoms with Crippen molar-refractivity contribution in [3.8, 4) is 0 Å². The summed E-state index contributed by atoms with van der Waals surface area (Å²) in [5.41, 5.74) is 1.95. The van der Waals surface area contributed by atoms with Gasteiger partial charge >= 0.3 is 0 Å². The van der Waals surface area contributed by atoms with Crippen molar-refractivity contribution in [1.29, 1.82) is 0 Å². The monoisotopic (exact) mass is 392 g/mol. The molecule has 140 valence electrons. The second-order valence-electron chi connectivity index (χ2n) is 6.91. The highest BCUT2D eigenvalue weighted by atomic mass is 35.5. The van der Waals surface area contributed by atoms with E-state index in [2.05, 4.69) is 10.3 Å². The lowest BCUT2D eigenvalue weighted by Gasteiger charge is -2.30. The van der Waals surface area contributed by atoms with Crippen molar-refractivity contribution in [3.63, 3.8) is 0 Å². The Morgan fingerprint density at radius 3 is 2.57 bits per heavy atom. The number of nitrogens with zero attached hydrogens (tertiary/aromatic N) is 1. The molecule has 4 rings (SSSR count). The molecule has 0 spiro atoms. The molecule has 6 heteroatoms. The zero-order valence-electron chi connectivity index (χ0n) is 14.9. The lowest BCUT2D eigenvalue weighted by atomic mass is 9.75. The van der Waals surface area contributed by atoms with E-state index >= 15 is 0 Å². The standard InChI is InChI=1S/C22H17ClN2O3/c23-15-7-4-8-16(11-15)24-21(27)18-12-17-19(25-22(18)28)9-14(10-20(17)26)13-5-2-1-3-6-13/h1-8,11-12,14,17H,9-10H2,(H,24,27). The first-order chi connectivity index (χ1) is 13.5. The number of halogens is 1. The topological polar surface area (TPSA) is 75.6 Å². The first-order valence-electron chi connectivity index (χ1n) is 8.99. The van der Waals surface area contributed by atoms with Gasteiger partial charge in [0.1, 0.15) is 11.4 Å². The van der Waals surface area contributed by atoms with E-state index in [1.54, 1.807) is 24.3 Å². The molecular weight excluding hydrogens is 376 g/mol. The van der Waals surface area contributed by atoms with Crippen LogP contribution in [0.4, 0.5) is 5.69 Å². The van der Waals surface area contributed by atoms with E-state index in [0.717, 1.165) is 5.56 Å². The minimum Gasteiger partial charge on any atom is -0.322 e. The van der Waals surface area contributed by atoms with Gasteiger partial charge in [0.05, 0.1) is 5.92 Å². The van der Waals surface area contributed by atoms with E-state index in [4.69, 9.17) is 11.6 Å². The van der Waals surface area contributed by atoms with Gasteiger partial charge in [0.25, 0.3) is 11.8 Å². The Kier molecular flexibility index (Phi) is 4.92. The molecule has 0 saturated heterocycles. The lowest BCUT2D eigenvalue weighted by Crippen LogP contribution is -2.36. The molecule has 0 aromatic heterocycles. The summed E-state index contributed by atoms with van der Waals surface area (Å²) in [5, 5.41) is 3.10. The van der Waals surface area contributed by atoms with Crippen molar-refractivity contribution >= 4 is 40.6 Å². The second-order valence-corrected chi connectivity index (χ2v) is 7.35. The number of benzene rings is 2. The first kappa shape index (κ1) is 18.3.